The molecule has 0 bridgehead atoms. The van der Waals surface area contributed by atoms with Gasteiger partial charge >= 0.3 is 12.2 Å². The van der Waals surface area contributed by atoms with Crippen molar-refractivity contribution in [2.45, 2.75) is 5.92 Å². The highest BCUT2D eigenvalue weighted by molar-refractivity contribution is 5.79. The lowest BCUT2D eigenvalue weighted by Gasteiger charge is -2.32. The zero-order chi connectivity index (χ0) is 18.1. The summed E-state index contributed by atoms with van der Waals surface area (Å²) in [6.07, 6.45) is -1.32. The van der Waals surface area contributed by atoms with Gasteiger partial charge in [-0.05, 0) is 22.3 Å². The quantitative estimate of drug-likeness (QED) is 0.901. The van der Waals surface area contributed by atoms with Gasteiger partial charge in [-0.15, -0.1) is 0 Å². The van der Waals surface area contributed by atoms with E-state index in [0.717, 1.165) is 0 Å². The Morgan fingerprint density at radius 1 is 0.885 bits per heavy atom. The summed E-state index contributed by atoms with van der Waals surface area (Å²) in [6, 6.07) is 16.4. The van der Waals surface area contributed by atoms with Gasteiger partial charge in [0.15, 0.2) is 0 Å². The molecule has 1 N–H and O–H groups in total. The number of hydrogen-bond donors (Lipinski definition) is 1. The Morgan fingerprint density at radius 2 is 1.38 bits per heavy atom. The fraction of sp³-hybridized carbons (Fsp3) is 0.300. The van der Waals surface area contributed by atoms with E-state index in [-0.39, 0.29) is 18.6 Å². The van der Waals surface area contributed by atoms with E-state index in [1.165, 1.54) is 27.2 Å². The van der Waals surface area contributed by atoms with E-state index >= 15 is 0 Å². The second-order valence-electron chi connectivity index (χ2n) is 6.56. The number of hydrogen-bond acceptors (Lipinski definition) is 3. The molecule has 0 atom stereocenters. The second-order valence-corrected chi connectivity index (χ2v) is 6.56. The minimum atomic E-state index is -0.947. The molecule has 2 aromatic carbocycles. The first-order chi connectivity index (χ1) is 12.6. The molecule has 0 saturated carbocycles. The summed E-state index contributed by atoms with van der Waals surface area (Å²) in [5.74, 6) is 0.0339. The maximum atomic E-state index is 12.4. The van der Waals surface area contributed by atoms with E-state index in [9.17, 15) is 9.59 Å². The van der Waals surface area contributed by atoms with Crippen LogP contribution in [0, 0.1) is 0 Å². The molecule has 26 heavy (non-hydrogen) atoms. The van der Waals surface area contributed by atoms with E-state index in [1.807, 2.05) is 24.3 Å². The predicted molar refractivity (Wildman–Crippen MR) is 96.2 cm³/mol. The van der Waals surface area contributed by atoms with E-state index in [0.29, 0.717) is 26.2 Å². The first kappa shape index (κ1) is 16.4. The molecule has 2 amide bonds. The third-order valence-corrected chi connectivity index (χ3v) is 5.14. The van der Waals surface area contributed by atoms with Crippen LogP contribution in [0.3, 0.4) is 0 Å². The number of piperazine rings is 1. The Kier molecular flexibility index (Phi) is 4.24. The van der Waals surface area contributed by atoms with E-state index in [4.69, 9.17) is 9.84 Å². The van der Waals surface area contributed by atoms with Gasteiger partial charge in [-0.1, -0.05) is 48.5 Å². The molecule has 2 aliphatic rings. The zero-order valence-corrected chi connectivity index (χ0v) is 14.3. The summed E-state index contributed by atoms with van der Waals surface area (Å²) in [6.45, 7) is 1.65. The number of rotatable bonds is 2. The molecule has 0 spiro atoms. The molecule has 134 valence electrons. The van der Waals surface area contributed by atoms with Gasteiger partial charge in [-0.3, -0.25) is 0 Å². The first-order valence-corrected chi connectivity index (χ1v) is 8.73. The van der Waals surface area contributed by atoms with Gasteiger partial charge in [0.05, 0.1) is 0 Å². The van der Waals surface area contributed by atoms with Crippen LogP contribution in [0.25, 0.3) is 11.1 Å². The first-order valence-electron chi connectivity index (χ1n) is 8.73. The Hall–Kier alpha value is -3.02. The van der Waals surface area contributed by atoms with Crippen molar-refractivity contribution in [2.24, 2.45) is 0 Å². The van der Waals surface area contributed by atoms with Crippen molar-refractivity contribution >= 4 is 12.2 Å². The summed E-state index contributed by atoms with van der Waals surface area (Å²) < 4.78 is 5.60. The second kappa shape index (κ2) is 6.71. The Balaban J connectivity index is 1.44. The predicted octanol–water partition coefficient (Wildman–Crippen LogP) is 3.23. The molecule has 4 rings (SSSR count). The highest BCUT2D eigenvalue weighted by Crippen LogP contribution is 2.44. The number of carboxylic acid groups (broad SMARTS) is 1. The van der Waals surface area contributed by atoms with Crippen LogP contribution >= 0.6 is 0 Å². The van der Waals surface area contributed by atoms with Crippen LogP contribution < -0.4 is 0 Å². The number of benzene rings is 2. The van der Waals surface area contributed by atoms with Gasteiger partial charge in [0.1, 0.15) is 6.61 Å². The highest BCUT2D eigenvalue weighted by Gasteiger charge is 2.30. The van der Waals surface area contributed by atoms with Crippen molar-refractivity contribution in [3.63, 3.8) is 0 Å². The standard InChI is InChI=1S/C20H20N2O4/c23-19(24)21-9-11-22(12-10-21)20(25)26-13-18-16-7-3-1-5-14(16)15-6-2-4-8-17(15)18/h1-8,18H,9-13H2,(H,23,24). The van der Waals surface area contributed by atoms with Crippen molar-refractivity contribution < 1.29 is 19.4 Å². The summed E-state index contributed by atoms with van der Waals surface area (Å²) in [7, 11) is 0. The molecular weight excluding hydrogens is 332 g/mol. The minimum absolute atomic E-state index is 0.0339. The molecule has 1 aliphatic carbocycles. The van der Waals surface area contributed by atoms with Gasteiger partial charge < -0.3 is 19.6 Å². The number of nitrogens with zero attached hydrogens (tertiary/aromatic N) is 2. The van der Waals surface area contributed by atoms with Gasteiger partial charge in [0.25, 0.3) is 0 Å². The molecule has 2 aromatic rings. The number of carbonyl (C=O) groups excluding carboxylic acids is 1. The SMILES string of the molecule is O=C(O)N1CCN(C(=O)OCC2c3ccccc3-c3ccccc32)CC1. The maximum absolute atomic E-state index is 12.4. The molecule has 1 heterocycles. The zero-order valence-electron chi connectivity index (χ0n) is 14.3. The van der Waals surface area contributed by atoms with Crippen LogP contribution in [0.5, 0.6) is 0 Å². The number of carbonyl (C=O) groups is 2. The maximum Gasteiger partial charge on any atom is 0.409 e. The lowest BCUT2D eigenvalue weighted by atomic mass is 9.98. The van der Waals surface area contributed by atoms with Crippen LogP contribution in [0.4, 0.5) is 9.59 Å². The van der Waals surface area contributed by atoms with Gasteiger partial charge in [-0.25, -0.2) is 9.59 Å². The average Bonchev–Trinajstić information content (AvgIpc) is 3.00. The van der Waals surface area contributed by atoms with Crippen LogP contribution in [0.2, 0.25) is 0 Å². The summed E-state index contributed by atoms with van der Waals surface area (Å²) >= 11 is 0. The minimum Gasteiger partial charge on any atom is -0.465 e. The van der Waals surface area contributed by atoms with E-state index < -0.39 is 6.09 Å². The Bertz CT molecular complexity index is 798. The Morgan fingerprint density at radius 3 is 1.92 bits per heavy atom. The van der Waals surface area contributed by atoms with Crippen LogP contribution in [-0.4, -0.2) is 59.9 Å². The number of fused-ring (bicyclic) bond motifs is 3. The summed E-state index contributed by atoms with van der Waals surface area (Å²) in [5.41, 5.74) is 4.74. The lowest BCUT2D eigenvalue weighted by Crippen LogP contribution is -2.50. The molecule has 0 unspecified atom stereocenters. The topological polar surface area (TPSA) is 70.1 Å². The third-order valence-electron chi connectivity index (χ3n) is 5.14. The molecule has 1 saturated heterocycles. The molecule has 0 aromatic heterocycles. The molecular formula is C20H20N2O4. The average molecular weight is 352 g/mol. The van der Waals surface area contributed by atoms with Crippen LogP contribution in [0.1, 0.15) is 17.0 Å². The van der Waals surface area contributed by atoms with Crippen LogP contribution in [-0.2, 0) is 4.74 Å². The van der Waals surface area contributed by atoms with Gasteiger partial charge in [-0.2, -0.15) is 0 Å². The fourth-order valence-electron chi connectivity index (χ4n) is 3.77. The van der Waals surface area contributed by atoms with Crippen molar-refractivity contribution in [3.8, 4) is 11.1 Å². The Labute approximate surface area is 151 Å². The summed E-state index contributed by atoms with van der Waals surface area (Å²) in [5, 5.41) is 8.99. The summed E-state index contributed by atoms with van der Waals surface area (Å²) in [4.78, 5) is 26.2. The molecule has 0 radical (unpaired) electrons. The number of amides is 2. The van der Waals surface area contributed by atoms with Crippen molar-refractivity contribution in [1.82, 2.24) is 9.80 Å². The van der Waals surface area contributed by atoms with Crippen molar-refractivity contribution in [3.05, 3.63) is 59.7 Å². The highest BCUT2D eigenvalue weighted by atomic mass is 16.6. The fourth-order valence-corrected chi connectivity index (χ4v) is 3.77. The molecule has 6 nitrogen and oxygen atoms in total. The molecule has 1 aliphatic heterocycles. The van der Waals surface area contributed by atoms with Crippen molar-refractivity contribution in [2.75, 3.05) is 32.8 Å². The van der Waals surface area contributed by atoms with E-state index in [1.54, 1.807) is 4.90 Å². The van der Waals surface area contributed by atoms with Gasteiger partial charge in [0.2, 0.25) is 0 Å². The van der Waals surface area contributed by atoms with E-state index in [2.05, 4.69) is 24.3 Å². The van der Waals surface area contributed by atoms with Gasteiger partial charge in [0, 0.05) is 32.1 Å². The number of ether oxygens (including phenoxy) is 1. The lowest BCUT2D eigenvalue weighted by molar-refractivity contribution is 0.0714. The molecule has 6 heteroatoms. The third kappa shape index (κ3) is 2.87. The monoisotopic (exact) mass is 352 g/mol. The normalized spacial score (nSPS) is 16.2. The van der Waals surface area contributed by atoms with Crippen LogP contribution in [0.15, 0.2) is 48.5 Å². The molecule has 1 fully saturated rings. The largest absolute Gasteiger partial charge is 0.465 e. The van der Waals surface area contributed by atoms with Crippen molar-refractivity contribution in [1.29, 1.82) is 0 Å². The smallest absolute Gasteiger partial charge is 0.409 e.